The highest BCUT2D eigenvalue weighted by molar-refractivity contribution is 5.95. The average Bonchev–Trinajstić information content (AvgIpc) is 3.43. The predicted octanol–water partition coefficient (Wildman–Crippen LogP) is 5.75. The van der Waals surface area contributed by atoms with Gasteiger partial charge in [0.25, 0.3) is 5.91 Å². The topological polar surface area (TPSA) is 66.9 Å². The molecular weight excluding hydrogens is 396 g/mol. The minimum Gasteiger partial charge on any atom is -0.349 e. The van der Waals surface area contributed by atoms with Crippen molar-refractivity contribution in [2.45, 2.75) is 45.6 Å². The molecule has 5 heteroatoms. The van der Waals surface area contributed by atoms with E-state index in [1.54, 1.807) is 0 Å². The Balaban J connectivity index is 1.29. The fraction of sp³-hybridized carbons (Fsp3) is 0.370. The van der Waals surface area contributed by atoms with Gasteiger partial charge in [-0.05, 0) is 69.1 Å². The van der Waals surface area contributed by atoms with Gasteiger partial charge in [0.15, 0.2) is 0 Å². The molecule has 2 aliphatic carbocycles. The Morgan fingerprint density at radius 1 is 1.00 bits per heavy atom. The van der Waals surface area contributed by atoms with Crippen LogP contribution in [-0.4, -0.2) is 21.9 Å². The van der Waals surface area contributed by atoms with Crippen molar-refractivity contribution >= 4 is 17.4 Å². The van der Waals surface area contributed by atoms with Crippen LogP contribution in [0, 0.1) is 24.7 Å². The lowest BCUT2D eigenvalue weighted by molar-refractivity contribution is 0.0915. The first-order valence-corrected chi connectivity index (χ1v) is 11.6. The lowest BCUT2D eigenvalue weighted by atomic mass is 9.84. The molecule has 164 valence electrons. The van der Waals surface area contributed by atoms with Crippen molar-refractivity contribution in [2.24, 2.45) is 17.8 Å². The van der Waals surface area contributed by atoms with E-state index in [2.05, 4.69) is 27.5 Å². The quantitative estimate of drug-likeness (QED) is 0.527. The standard InChI is InChI=1S/C27H30N4O/c1-17(24-14-19-11-12-21(24)13-19)28-27(32)22-9-6-10-23(15-22)31-26-16-25(29-18(2)30-26)20-7-4-3-5-8-20/h3-10,15-17,19,21,24H,11-14H2,1-2H3,(H,28,32)(H,29,30,31). The lowest BCUT2D eigenvalue weighted by Crippen LogP contribution is -2.40. The molecule has 4 atom stereocenters. The number of hydrogen-bond acceptors (Lipinski definition) is 4. The van der Waals surface area contributed by atoms with E-state index < -0.39 is 0 Å². The van der Waals surface area contributed by atoms with Crippen LogP contribution in [-0.2, 0) is 0 Å². The van der Waals surface area contributed by atoms with E-state index >= 15 is 0 Å². The fourth-order valence-corrected chi connectivity index (χ4v) is 5.58. The summed E-state index contributed by atoms with van der Waals surface area (Å²) in [6.45, 7) is 4.05. The lowest BCUT2D eigenvalue weighted by Gasteiger charge is -2.28. The first-order valence-electron chi connectivity index (χ1n) is 11.6. The molecule has 2 fully saturated rings. The Morgan fingerprint density at radius 3 is 2.59 bits per heavy atom. The summed E-state index contributed by atoms with van der Waals surface area (Å²) >= 11 is 0. The molecular formula is C27H30N4O. The first kappa shape index (κ1) is 20.7. The van der Waals surface area contributed by atoms with Gasteiger partial charge in [0.2, 0.25) is 0 Å². The molecule has 0 aliphatic heterocycles. The zero-order valence-corrected chi connectivity index (χ0v) is 18.7. The van der Waals surface area contributed by atoms with Gasteiger partial charge >= 0.3 is 0 Å². The predicted molar refractivity (Wildman–Crippen MR) is 128 cm³/mol. The summed E-state index contributed by atoms with van der Waals surface area (Å²) in [4.78, 5) is 22.0. The minimum atomic E-state index is -0.00670. The molecule has 32 heavy (non-hydrogen) atoms. The van der Waals surface area contributed by atoms with Gasteiger partial charge in [-0.15, -0.1) is 0 Å². The second kappa shape index (κ2) is 8.73. The Kier molecular flexibility index (Phi) is 5.64. The van der Waals surface area contributed by atoms with Gasteiger partial charge in [0.05, 0.1) is 5.69 Å². The Labute approximate surface area is 189 Å². The van der Waals surface area contributed by atoms with Gasteiger partial charge in [-0.3, -0.25) is 4.79 Å². The summed E-state index contributed by atoms with van der Waals surface area (Å²) in [5.41, 5.74) is 3.42. The van der Waals surface area contributed by atoms with Crippen LogP contribution in [0.15, 0.2) is 60.7 Å². The van der Waals surface area contributed by atoms with E-state index in [9.17, 15) is 4.79 Å². The largest absolute Gasteiger partial charge is 0.349 e. The smallest absolute Gasteiger partial charge is 0.251 e. The molecule has 5 nitrogen and oxygen atoms in total. The summed E-state index contributed by atoms with van der Waals surface area (Å²) in [5, 5.41) is 6.61. The van der Waals surface area contributed by atoms with Crippen LogP contribution < -0.4 is 10.6 Å². The summed E-state index contributed by atoms with van der Waals surface area (Å²) in [7, 11) is 0. The third kappa shape index (κ3) is 4.38. The van der Waals surface area contributed by atoms with Crippen molar-refractivity contribution in [1.29, 1.82) is 0 Å². The van der Waals surface area contributed by atoms with E-state index in [1.807, 2.05) is 67.6 Å². The number of nitrogens with one attached hydrogen (secondary N) is 2. The zero-order valence-electron chi connectivity index (χ0n) is 18.7. The van der Waals surface area contributed by atoms with Crippen LogP contribution in [0.1, 0.15) is 48.8 Å². The van der Waals surface area contributed by atoms with Crippen molar-refractivity contribution in [3.05, 3.63) is 72.1 Å². The van der Waals surface area contributed by atoms with Crippen molar-refractivity contribution in [2.75, 3.05) is 5.32 Å². The molecule has 2 aromatic carbocycles. The normalized spacial score (nSPS) is 22.5. The van der Waals surface area contributed by atoms with Crippen LogP contribution in [0.3, 0.4) is 0 Å². The zero-order chi connectivity index (χ0) is 22.1. The molecule has 2 aliphatic rings. The van der Waals surface area contributed by atoms with E-state index in [-0.39, 0.29) is 11.9 Å². The molecule has 2 N–H and O–H groups in total. The second-order valence-electron chi connectivity index (χ2n) is 9.36. The maximum absolute atomic E-state index is 13.0. The SMILES string of the molecule is Cc1nc(Nc2cccc(C(=O)NC(C)C3CC4CCC3C4)c2)cc(-c2ccccc2)n1. The number of amides is 1. The van der Waals surface area contributed by atoms with Gasteiger partial charge in [-0.2, -0.15) is 0 Å². The second-order valence-corrected chi connectivity index (χ2v) is 9.36. The van der Waals surface area contributed by atoms with Crippen LogP contribution in [0.25, 0.3) is 11.3 Å². The Hall–Kier alpha value is -3.21. The third-order valence-electron chi connectivity index (χ3n) is 7.10. The summed E-state index contributed by atoms with van der Waals surface area (Å²) < 4.78 is 0. The molecule has 3 aromatic rings. The maximum atomic E-state index is 13.0. The fourth-order valence-electron chi connectivity index (χ4n) is 5.58. The molecule has 0 spiro atoms. The van der Waals surface area contributed by atoms with Gasteiger partial charge in [-0.1, -0.05) is 42.8 Å². The first-order chi connectivity index (χ1) is 15.5. The highest BCUT2D eigenvalue weighted by Gasteiger charge is 2.42. The molecule has 4 unspecified atom stereocenters. The third-order valence-corrected chi connectivity index (χ3v) is 7.10. The van der Waals surface area contributed by atoms with E-state index in [1.165, 1.54) is 25.7 Å². The van der Waals surface area contributed by atoms with E-state index in [0.717, 1.165) is 28.8 Å². The van der Waals surface area contributed by atoms with Crippen molar-refractivity contribution in [3.8, 4) is 11.3 Å². The average molecular weight is 427 g/mol. The molecule has 0 saturated heterocycles. The van der Waals surface area contributed by atoms with Crippen LogP contribution >= 0.6 is 0 Å². The number of hydrogen-bond donors (Lipinski definition) is 2. The van der Waals surface area contributed by atoms with Crippen LogP contribution in [0.5, 0.6) is 0 Å². The Bertz CT molecular complexity index is 1110. The molecule has 1 aromatic heterocycles. The molecule has 2 saturated carbocycles. The number of fused-ring (bicyclic) bond motifs is 2. The van der Waals surface area contributed by atoms with Gasteiger partial charge in [0.1, 0.15) is 11.6 Å². The van der Waals surface area contributed by atoms with E-state index in [0.29, 0.717) is 23.1 Å². The molecule has 0 radical (unpaired) electrons. The number of aryl methyl sites for hydroxylation is 1. The van der Waals surface area contributed by atoms with Crippen molar-refractivity contribution in [3.63, 3.8) is 0 Å². The summed E-state index contributed by atoms with van der Waals surface area (Å²) in [6.07, 6.45) is 5.33. The number of carbonyl (C=O) groups is 1. The number of benzene rings is 2. The highest BCUT2D eigenvalue weighted by Crippen LogP contribution is 2.49. The molecule has 5 rings (SSSR count). The Morgan fingerprint density at radius 2 is 1.84 bits per heavy atom. The maximum Gasteiger partial charge on any atom is 0.251 e. The van der Waals surface area contributed by atoms with Gasteiger partial charge < -0.3 is 10.6 Å². The van der Waals surface area contributed by atoms with E-state index in [4.69, 9.17) is 0 Å². The van der Waals surface area contributed by atoms with Crippen molar-refractivity contribution in [1.82, 2.24) is 15.3 Å². The number of anilines is 2. The van der Waals surface area contributed by atoms with Crippen molar-refractivity contribution < 1.29 is 4.79 Å². The van der Waals surface area contributed by atoms with Crippen LogP contribution in [0.4, 0.5) is 11.5 Å². The van der Waals surface area contributed by atoms with Gasteiger partial charge in [0, 0.05) is 28.9 Å². The highest BCUT2D eigenvalue weighted by atomic mass is 16.1. The number of aromatic nitrogens is 2. The van der Waals surface area contributed by atoms with Gasteiger partial charge in [-0.25, -0.2) is 9.97 Å². The number of rotatable bonds is 6. The summed E-state index contributed by atoms with van der Waals surface area (Å²) in [6, 6.07) is 19.8. The summed E-state index contributed by atoms with van der Waals surface area (Å²) in [5.74, 6) is 3.70. The number of carbonyl (C=O) groups excluding carboxylic acids is 1. The number of nitrogens with zero attached hydrogens (tertiary/aromatic N) is 2. The minimum absolute atomic E-state index is 0.00670. The van der Waals surface area contributed by atoms with Crippen LogP contribution in [0.2, 0.25) is 0 Å². The monoisotopic (exact) mass is 426 g/mol. The molecule has 1 amide bonds. The molecule has 2 bridgehead atoms. The molecule has 1 heterocycles.